The van der Waals surface area contributed by atoms with Crippen molar-refractivity contribution in [1.82, 2.24) is 5.32 Å². The van der Waals surface area contributed by atoms with Crippen LogP contribution in [0.2, 0.25) is 0 Å². The Bertz CT molecular complexity index is 967. The normalized spacial score (nSPS) is 20.1. The van der Waals surface area contributed by atoms with Gasteiger partial charge < -0.3 is 19.7 Å². The predicted molar refractivity (Wildman–Crippen MR) is 112 cm³/mol. The number of hydrogen-bond acceptors (Lipinski definition) is 6. The minimum absolute atomic E-state index is 0.0352. The van der Waals surface area contributed by atoms with Gasteiger partial charge in [0.2, 0.25) is 6.79 Å². The fraction of sp³-hybridized carbons (Fsp3) is 0.409. The molecule has 0 radical (unpaired) electrons. The molecule has 8 nitrogen and oxygen atoms in total. The molecule has 2 aliphatic rings. The Labute approximate surface area is 174 Å². The summed E-state index contributed by atoms with van der Waals surface area (Å²) >= 11 is 0. The lowest BCUT2D eigenvalue weighted by Gasteiger charge is -2.36. The van der Waals surface area contributed by atoms with Gasteiger partial charge in [0.05, 0.1) is 4.92 Å². The molecular weight excluding hydrogens is 386 g/mol. The molecule has 4 rings (SSSR count). The van der Waals surface area contributed by atoms with Gasteiger partial charge in [-0.25, -0.2) is 0 Å². The van der Waals surface area contributed by atoms with E-state index in [9.17, 15) is 14.9 Å². The summed E-state index contributed by atoms with van der Waals surface area (Å²) < 4.78 is 10.6. The Kier molecular flexibility index (Phi) is 5.48. The van der Waals surface area contributed by atoms with Crippen molar-refractivity contribution in [2.45, 2.75) is 26.8 Å². The van der Waals surface area contributed by atoms with Crippen molar-refractivity contribution < 1.29 is 19.2 Å². The number of carbonyl (C=O) groups is 1. The zero-order valence-corrected chi connectivity index (χ0v) is 17.1. The number of nitrogens with one attached hydrogen (secondary N) is 1. The molecule has 0 saturated carbocycles. The quantitative estimate of drug-likeness (QED) is 0.595. The first-order chi connectivity index (χ1) is 14.4. The predicted octanol–water partition coefficient (Wildman–Crippen LogP) is 3.74. The van der Waals surface area contributed by atoms with Crippen molar-refractivity contribution >= 4 is 17.3 Å². The summed E-state index contributed by atoms with van der Waals surface area (Å²) in [6.07, 6.45) is 1.12. The molecule has 1 amide bonds. The van der Waals surface area contributed by atoms with Crippen LogP contribution in [0.1, 0.15) is 36.2 Å². The number of ether oxygens (including phenoxy) is 2. The number of nitro benzene ring substituents is 1. The Balaban J connectivity index is 1.49. The fourth-order valence-electron chi connectivity index (χ4n) is 4.27. The second-order valence-corrected chi connectivity index (χ2v) is 8.18. The van der Waals surface area contributed by atoms with Crippen molar-refractivity contribution in [3.05, 3.63) is 57.6 Å². The third-order valence-corrected chi connectivity index (χ3v) is 5.53. The summed E-state index contributed by atoms with van der Waals surface area (Å²) in [5.41, 5.74) is 1.66. The number of nitro groups is 1. The SMILES string of the molecule is CC1CC(C)CN(c2ccc(C(=O)NCc3ccc4c(c3)OCO4)cc2[N+](=O)[O-])C1. The van der Waals surface area contributed by atoms with Crippen molar-refractivity contribution in [2.75, 3.05) is 24.8 Å². The Hall–Kier alpha value is -3.29. The number of piperidine rings is 1. The first-order valence-corrected chi connectivity index (χ1v) is 10.1. The smallest absolute Gasteiger partial charge is 0.293 e. The van der Waals surface area contributed by atoms with Crippen LogP contribution in [0.25, 0.3) is 0 Å². The minimum Gasteiger partial charge on any atom is -0.454 e. The Morgan fingerprint density at radius 3 is 2.60 bits per heavy atom. The van der Waals surface area contributed by atoms with Crippen molar-refractivity contribution in [3.63, 3.8) is 0 Å². The van der Waals surface area contributed by atoms with E-state index >= 15 is 0 Å². The van der Waals surface area contributed by atoms with Gasteiger partial charge in [0.1, 0.15) is 5.69 Å². The fourth-order valence-corrected chi connectivity index (χ4v) is 4.27. The van der Waals surface area contributed by atoms with Gasteiger partial charge in [0.25, 0.3) is 11.6 Å². The van der Waals surface area contributed by atoms with E-state index < -0.39 is 4.92 Å². The summed E-state index contributed by atoms with van der Waals surface area (Å²) in [4.78, 5) is 26.0. The number of benzene rings is 2. The van der Waals surface area contributed by atoms with Gasteiger partial charge in [-0.3, -0.25) is 14.9 Å². The number of anilines is 1. The van der Waals surface area contributed by atoms with E-state index in [1.54, 1.807) is 18.2 Å². The number of carbonyl (C=O) groups excluding carboxylic acids is 1. The van der Waals surface area contributed by atoms with E-state index in [0.29, 0.717) is 29.0 Å². The van der Waals surface area contributed by atoms with E-state index in [1.807, 2.05) is 12.1 Å². The van der Waals surface area contributed by atoms with Crippen molar-refractivity contribution in [2.24, 2.45) is 11.8 Å². The Morgan fingerprint density at radius 2 is 1.87 bits per heavy atom. The molecule has 2 aliphatic heterocycles. The molecule has 1 saturated heterocycles. The van der Waals surface area contributed by atoms with Crippen LogP contribution in [0, 0.1) is 22.0 Å². The first kappa shape index (κ1) is 20.0. The van der Waals surface area contributed by atoms with Crippen LogP contribution in [-0.2, 0) is 6.54 Å². The van der Waals surface area contributed by atoms with Crippen LogP contribution in [0.15, 0.2) is 36.4 Å². The molecule has 0 bridgehead atoms. The lowest BCUT2D eigenvalue weighted by molar-refractivity contribution is -0.384. The van der Waals surface area contributed by atoms with E-state index in [2.05, 4.69) is 24.1 Å². The van der Waals surface area contributed by atoms with Crippen molar-refractivity contribution in [3.8, 4) is 11.5 Å². The molecule has 2 heterocycles. The van der Waals surface area contributed by atoms with Crippen molar-refractivity contribution in [1.29, 1.82) is 0 Å². The minimum atomic E-state index is -0.409. The molecule has 0 aromatic heterocycles. The highest BCUT2D eigenvalue weighted by Gasteiger charge is 2.28. The van der Waals surface area contributed by atoms with Gasteiger partial charge in [0.15, 0.2) is 11.5 Å². The molecule has 0 aliphatic carbocycles. The van der Waals surface area contributed by atoms with Crippen LogP contribution in [0.5, 0.6) is 11.5 Å². The summed E-state index contributed by atoms with van der Waals surface area (Å²) in [6, 6.07) is 10.2. The molecule has 158 valence electrons. The van der Waals surface area contributed by atoms with Gasteiger partial charge in [-0.05, 0) is 48.1 Å². The van der Waals surface area contributed by atoms with E-state index in [-0.39, 0.29) is 30.5 Å². The standard InChI is InChI=1S/C22H25N3O5/c1-14-7-15(2)12-24(11-14)18-5-4-17(9-19(18)25(27)28)22(26)23-10-16-3-6-20-21(8-16)30-13-29-20/h3-6,8-9,14-15H,7,10-13H2,1-2H3,(H,23,26). The third-order valence-electron chi connectivity index (χ3n) is 5.53. The maximum Gasteiger partial charge on any atom is 0.293 e. The third kappa shape index (κ3) is 4.17. The van der Waals surface area contributed by atoms with Crippen LogP contribution in [0.3, 0.4) is 0 Å². The maximum absolute atomic E-state index is 12.6. The van der Waals surface area contributed by atoms with Gasteiger partial charge >= 0.3 is 0 Å². The summed E-state index contributed by atoms with van der Waals surface area (Å²) in [6.45, 7) is 6.35. The number of hydrogen-bond donors (Lipinski definition) is 1. The zero-order valence-electron chi connectivity index (χ0n) is 17.1. The molecule has 2 aromatic rings. The first-order valence-electron chi connectivity index (χ1n) is 10.1. The average molecular weight is 411 g/mol. The Morgan fingerprint density at radius 1 is 1.13 bits per heavy atom. The molecular formula is C22H25N3O5. The van der Waals surface area contributed by atoms with Gasteiger partial charge in [-0.1, -0.05) is 19.9 Å². The van der Waals surface area contributed by atoms with Crippen LogP contribution >= 0.6 is 0 Å². The van der Waals surface area contributed by atoms with Gasteiger partial charge in [-0.15, -0.1) is 0 Å². The zero-order chi connectivity index (χ0) is 21.3. The second-order valence-electron chi connectivity index (χ2n) is 8.18. The average Bonchev–Trinajstić information content (AvgIpc) is 3.18. The molecule has 2 aromatic carbocycles. The van der Waals surface area contributed by atoms with Crippen LogP contribution in [-0.4, -0.2) is 30.7 Å². The number of fused-ring (bicyclic) bond motifs is 1. The molecule has 30 heavy (non-hydrogen) atoms. The monoisotopic (exact) mass is 411 g/mol. The highest BCUT2D eigenvalue weighted by Crippen LogP contribution is 2.34. The highest BCUT2D eigenvalue weighted by molar-refractivity contribution is 5.95. The summed E-state index contributed by atoms with van der Waals surface area (Å²) in [5.74, 6) is 1.91. The number of amides is 1. The van der Waals surface area contributed by atoms with Crippen LogP contribution < -0.4 is 19.7 Å². The maximum atomic E-state index is 12.6. The topological polar surface area (TPSA) is 93.9 Å². The summed E-state index contributed by atoms with van der Waals surface area (Å²) in [5, 5.41) is 14.5. The molecule has 2 atom stereocenters. The van der Waals surface area contributed by atoms with Gasteiger partial charge in [0, 0.05) is 31.3 Å². The van der Waals surface area contributed by atoms with Gasteiger partial charge in [-0.2, -0.15) is 0 Å². The number of rotatable bonds is 5. The molecule has 8 heteroatoms. The van der Waals surface area contributed by atoms with E-state index in [0.717, 1.165) is 25.1 Å². The molecule has 1 N–H and O–H groups in total. The van der Waals surface area contributed by atoms with E-state index in [4.69, 9.17) is 9.47 Å². The lowest BCUT2D eigenvalue weighted by Crippen LogP contribution is -2.39. The molecule has 1 fully saturated rings. The highest BCUT2D eigenvalue weighted by atomic mass is 16.7. The second kappa shape index (κ2) is 8.22. The number of nitrogens with zero attached hydrogens (tertiary/aromatic N) is 2. The lowest BCUT2D eigenvalue weighted by atomic mass is 9.91. The largest absolute Gasteiger partial charge is 0.454 e. The van der Waals surface area contributed by atoms with Crippen LogP contribution in [0.4, 0.5) is 11.4 Å². The molecule has 0 spiro atoms. The summed E-state index contributed by atoms with van der Waals surface area (Å²) in [7, 11) is 0. The van der Waals surface area contributed by atoms with E-state index in [1.165, 1.54) is 6.07 Å². The molecule has 2 unspecified atom stereocenters.